The van der Waals surface area contributed by atoms with Gasteiger partial charge in [0.1, 0.15) is 5.82 Å². The molecule has 0 saturated carbocycles. The van der Waals surface area contributed by atoms with Gasteiger partial charge in [0.25, 0.3) is 0 Å². The predicted octanol–water partition coefficient (Wildman–Crippen LogP) is 1.29. The number of carboxylic acid groups (broad SMARTS) is 1. The van der Waals surface area contributed by atoms with Crippen LogP contribution in [-0.4, -0.2) is 73.1 Å². The minimum Gasteiger partial charge on any atom is -0.481 e. The fraction of sp³-hybridized carbons (Fsp3) is 0.722. The number of nitrogens with zero attached hydrogens (tertiary/aromatic N) is 4. The van der Waals surface area contributed by atoms with Crippen LogP contribution < -0.4 is 9.80 Å². The van der Waals surface area contributed by atoms with Gasteiger partial charge in [-0.2, -0.15) is 4.98 Å². The normalized spacial score (nSPS) is 21.7. The maximum Gasteiger partial charge on any atom is 0.313 e. The number of anilines is 2. The van der Waals surface area contributed by atoms with Gasteiger partial charge in [0, 0.05) is 37.9 Å². The van der Waals surface area contributed by atoms with Gasteiger partial charge in [-0.3, -0.25) is 4.79 Å². The Hall–Kier alpha value is -1.93. The largest absolute Gasteiger partial charge is 0.481 e. The van der Waals surface area contributed by atoms with Gasteiger partial charge in [-0.15, -0.1) is 0 Å². The molecular formula is C18H28N4O4. The first kappa shape index (κ1) is 18.8. The Morgan fingerprint density at radius 3 is 2.62 bits per heavy atom. The Kier molecular flexibility index (Phi) is 5.62. The van der Waals surface area contributed by atoms with Crippen molar-refractivity contribution < 1.29 is 19.4 Å². The van der Waals surface area contributed by atoms with Crippen molar-refractivity contribution in [2.24, 2.45) is 0 Å². The van der Waals surface area contributed by atoms with Crippen molar-refractivity contribution in [1.82, 2.24) is 9.97 Å². The zero-order valence-electron chi connectivity index (χ0n) is 15.8. The molecule has 2 aliphatic heterocycles. The number of morpholine rings is 2. The van der Waals surface area contributed by atoms with E-state index in [1.165, 1.54) is 0 Å². The number of aliphatic carboxylic acids is 1. The number of aromatic nitrogens is 2. The van der Waals surface area contributed by atoms with E-state index >= 15 is 0 Å². The van der Waals surface area contributed by atoms with Crippen LogP contribution in [0.1, 0.15) is 32.8 Å². The molecule has 2 fully saturated rings. The molecule has 8 nitrogen and oxygen atoms in total. The highest BCUT2D eigenvalue weighted by Gasteiger charge is 2.35. The second-order valence-corrected chi connectivity index (χ2v) is 7.28. The summed E-state index contributed by atoms with van der Waals surface area (Å²) in [5.74, 6) is 0.448. The first-order chi connectivity index (χ1) is 12.4. The Balaban J connectivity index is 1.97. The third kappa shape index (κ3) is 3.76. The zero-order chi connectivity index (χ0) is 18.7. The molecule has 1 atom stereocenters. The maximum atomic E-state index is 11.8. The van der Waals surface area contributed by atoms with Crippen LogP contribution in [0.25, 0.3) is 0 Å². The van der Waals surface area contributed by atoms with E-state index in [1.54, 1.807) is 20.0 Å². The fourth-order valence-electron chi connectivity index (χ4n) is 3.24. The van der Waals surface area contributed by atoms with E-state index in [2.05, 4.69) is 21.7 Å². The van der Waals surface area contributed by atoms with Gasteiger partial charge in [0.2, 0.25) is 5.95 Å². The van der Waals surface area contributed by atoms with Crippen molar-refractivity contribution in [2.75, 3.05) is 55.8 Å². The molecule has 8 heteroatoms. The maximum absolute atomic E-state index is 11.8. The molecule has 0 aromatic carbocycles. The summed E-state index contributed by atoms with van der Waals surface area (Å²) in [5, 5.41) is 9.68. The highest BCUT2D eigenvalue weighted by atomic mass is 16.5. The van der Waals surface area contributed by atoms with Crippen molar-refractivity contribution in [2.45, 2.75) is 38.7 Å². The Labute approximate surface area is 154 Å². The van der Waals surface area contributed by atoms with Crippen LogP contribution >= 0.6 is 0 Å². The smallest absolute Gasteiger partial charge is 0.313 e. The second kappa shape index (κ2) is 7.75. The zero-order valence-corrected chi connectivity index (χ0v) is 15.8. The third-order valence-corrected chi connectivity index (χ3v) is 5.15. The van der Waals surface area contributed by atoms with Crippen LogP contribution in [0.15, 0.2) is 6.20 Å². The standard InChI is InChI=1S/C18H28N4O4/c1-4-13-12-22(7-10-26-13)17-19-11-14(18(2,3)16(23)24)15(20-17)21-5-8-25-9-6-21/h11,13H,4-10,12H2,1-3H3,(H,23,24)/t13-/m1/s1. The SMILES string of the molecule is CC[C@@H]1CN(c2ncc(C(C)(C)C(=O)O)c(N3CCOCC3)n2)CCO1. The van der Waals surface area contributed by atoms with Crippen LogP contribution in [0, 0.1) is 0 Å². The molecule has 0 amide bonds. The minimum absolute atomic E-state index is 0.175. The molecule has 1 aromatic rings. The molecule has 1 N–H and O–H groups in total. The number of carbonyl (C=O) groups is 1. The molecule has 0 unspecified atom stereocenters. The summed E-state index contributed by atoms with van der Waals surface area (Å²) in [6.45, 7) is 10.2. The van der Waals surface area contributed by atoms with E-state index in [0.717, 1.165) is 19.5 Å². The lowest BCUT2D eigenvalue weighted by atomic mass is 9.85. The predicted molar refractivity (Wildman–Crippen MR) is 98.0 cm³/mol. The number of hydrogen-bond acceptors (Lipinski definition) is 7. The summed E-state index contributed by atoms with van der Waals surface area (Å²) in [6, 6.07) is 0. The lowest BCUT2D eigenvalue weighted by molar-refractivity contribution is -0.142. The molecule has 0 aliphatic carbocycles. The summed E-state index contributed by atoms with van der Waals surface area (Å²) < 4.78 is 11.2. The average Bonchev–Trinajstić information content (AvgIpc) is 2.68. The van der Waals surface area contributed by atoms with Crippen molar-refractivity contribution >= 4 is 17.7 Å². The quantitative estimate of drug-likeness (QED) is 0.836. The molecule has 0 bridgehead atoms. The van der Waals surface area contributed by atoms with Crippen molar-refractivity contribution in [3.63, 3.8) is 0 Å². The molecule has 2 aliphatic rings. The van der Waals surface area contributed by atoms with Gasteiger partial charge in [0.15, 0.2) is 0 Å². The Morgan fingerprint density at radius 2 is 1.96 bits per heavy atom. The Morgan fingerprint density at radius 1 is 1.27 bits per heavy atom. The number of rotatable bonds is 5. The van der Waals surface area contributed by atoms with Crippen LogP contribution in [0.2, 0.25) is 0 Å². The molecule has 3 heterocycles. The average molecular weight is 364 g/mol. The van der Waals surface area contributed by atoms with Gasteiger partial charge in [-0.1, -0.05) is 6.92 Å². The third-order valence-electron chi connectivity index (χ3n) is 5.15. The van der Waals surface area contributed by atoms with Crippen LogP contribution in [0.5, 0.6) is 0 Å². The van der Waals surface area contributed by atoms with Gasteiger partial charge in [0.05, 0.1) is 31.3 Å². The molecule has 0 radical (unpaired) electrons. The number of hydrogen-bond donors (Lipinski definition) is 1. The molecular weight excluding hydrogens is 336 g/mol. The summed E-state index contributed by atoms with van der Waals surface area (Å²) in [6.07, 6.45) is 2.79. The Bertz CT molecular complexity index is 646. The monoisotopic (exact) mass is 364 g/mol. The first-order valence-corrected chi connectivity index (χ1v) is 9.23. The van der Waals surface area contributed by atoms with Gasteiger partial charge in [-0.05, 0) is 20.3 Å². The van der Waals surface area contributed by atoms with Crippen molar-refractivity contribution in [1.29, 1.82) is 0 Å². The van der Waals surface area contributed by atoms with E-state index in [-0.39, 0.29) is 6.10 Å². The lowest BCUT2D eigenvalue weighted by Crippen LogP contribution is -2.44. The summed E-state index contributed by atoms with van der Waals surface area (Å²) in [7, 11) is 0. The van der Waals surface area contributed by atoms with Crippen molar-refractivity contribution in [3.05, 3.63) is 11.8 Å². The summed E-state index contributed by atoms with van der Waals surface area (Å²) in [5.41, 5.74) is -0.431. The molecule has 1 aromatic heterocycles. The van der Waals surface area contributed by atoms with E-state index in [9.17, 15) is 9.90 Å². The number of ether oxygens (including phenoxy) is 2. The van der Waals surface area contributed by atoms with Crippen molar-refractivity contribution in [3.8, 4) is 0 Å². The van der Waals surface area contributed by atoms with Crippen LogP contribution in [0.4, 0.5) is 11.8 Å². The molecule has 144 valence electrons. The van der Waals surface area contributed by atoms with E-state index < -0.39 is 11.4 Å². The summed E-state index contributed by atoms with van der Waals surface area (Å²) >= 11 is 0. The summed E-state index contributed by atoms with van der Waals surface area (Å²) in [4.78, 5) is 25.3. The van der Waals surface area contributed by atoms with Gasteiger partial charge >= 0.3 is 5.97 Å². The highest BCUT2D eigenvalue weighted by molar-refractivity contribution is 5.82. The fourth-order valence-corrected chi connectivity index (χ4v) is 3.24. The molecule has 0 spiro atoms. The lowest BCUT2D eigenvalue weighted by Gasteiger charge is -2.35. The molecule has 26 heavy (non-hydrogen) atoms. The second-order valence-electron chi connectivity index (χ2n) is 7.28. The number of carboxylic acids is 1. The molecule has 3 rings (SSSR count). The van der Waals surface area contributed by atoms with E-state index in [4.69, 9.17) is 14.5 Å². The minimum atomic E-state index is -1.07. The van der Waals surface area contributed by atoms with Gasteiger partial charge < -0.3 is 24.4 Å². The van der Waals surface area contributed by atoms with Gasteiger partial charge in [-0.25, -0.2) is 4.98 Å². The van der Waals surface area contributed by atoms with E-state index in [1.807, 2.05) is 0 Å². The van der Waals surface area contributed by atoms with E-state index in [0.29, 0.717) is 50.2 Å². The highest BCUT2D eigenvalue weighted by Crippen LogP contribution is 2.33. The first-order valence-electron chi connectivity index (χ1n) is 9.23. The van der Waals surface area contributed by atoms with Crippen LogP contribution in [0.3, 0.4) is 0 Å². The molecule has 2 saturated heterocycles. The topological polar surface area (TPSA) is 88.0 Å². The van der Waals surface area contributed by atoms with Crippen LogP contribution in [-0.2, 0) is 19.7 Å².